The third kappa shape index (κ3) is 3.41. The molecule has 0 fully saturated rings. The lowest BCUT2D eigenvalue weighted by Crippen LogP contribution is -2.14. The molecule has 0 atom stereocenters. The van der Waals surface area contributed by atoms with Gasteiger partial charge < -0.3 is 5.32 Å². The Balaban J connectivity index is 1.96. The van der Waals surface area contributed by atoms with Crippen LogP contribution in [0.25, 0.3) is 0 Å². The number of rotatable bonds is 5. The molecule has 0 amide bonds. The van der Waals surface area contributed by atoms with Gasteiger partial charge in [-0.05, 0) is 13.0 Å². The number of hydrogen-bond acceptors (Lipinski definition) is 3. The molecule has 0 bridgehead atoms. The first kappa shape index (κ1) is 15.5. The fraction of sp³-hybridized carbons (Fsp3) is 0.500. The largest absolute Gasteiger partial charge is 0.433 e. The molecular weight excluding hydrogens is 290 g/mol. The van der Waals surface area contributed by atoms with Crippen LogP contribution in [0.4, 0.5) is 17.6 Å². The summed E-state index contributed by atoms with van der Waals surface area (Å²) in [6.07, 6.45) is -3.04. The molecule has 0 saturated heterocycles. The Morgan fingerprint density at radius 1 is 1.29 bits per heavy atom. The van der Waals surface area contributed by atoms with Crippen molar-refractivity contribution in [2.45, 2.75) is 32.7 Å². The number of nitrogens with zero attached hydrogens (tertiary/aromatic N) is 4. The third-order valence-corrected chi connectivity index (χ3v) is 2.99. The van der Waals surface area contributed by atoms with Crippen LogP contribution in [-0.4, -0.2) is 19.6 Å². The van der Waals surface area contributed by atoms with E-state index in [1.165, 1.54) is 17.9 Å². The van der Waals surface area contributed by atoms with Gasteiger partial charge in [0.25, 0.3) is 0 Å². The summed E-state index contributed by atoms with van der Waals surface area (Å²) in [4.78, 5) is 0. The molecule has 21 heavy (non-hydrogen) atoms. The van der Waals surface area contributed by atoms with Gasteiger partial charge in [0.2, 0.25) is 5.95 Å². The van der Waals surface area contributed by atoms with Gasteiger partial charge in [-0.3, -0.25) is 4.68 Å². The molecule has 9 heteroatoms. The van der Waals surface area contributed by atoms with E-state index in [4.69, 9.17) is 0 Å². The summed E-state index contributed by atoms with van der Waals surface area (Å²) in [7, 11) is 1.23. The second kappa shape index (κ2) is 5.84. The molecule has 0 aliphatic rings. The SMILES string of the molecule is CCn1ncc(CNCc2cc(C(F)(F)F)n(C)n2)c1F. The number of aryl methyl sites for hydroxylation is 2. The van der Waals surface area contributed by atoms with Crippen LogP contribution in [0.15, 0.2) is 12.3 Å². The van der Waals surface area contributed by atoms with Crippen molar-refractivity contribution in [3.8, 4) is 0 Å². The molecular formula is C12H15F4N5. The maximum absolute atomic E-state index is 13.7. The fourth-order valence-corrected chi connectivity index (χ4v) is 1.95. The Labute approximate surface area is 118 Å². The summed E-state index contributed by atoms with van der Waals surface area (Å²) in [5, 5.41) is 10.5. The van der Waals surface area contributed by atoms with E-state index in [1.54, 1.807) is 6.92 Å². The summed E-state index contributed by atoms with van der Waals surface area (Å²) < 4.78 is 53.5. The highest BCUT2D eigenvalue weighted by molar-refractivity contribution is 5.13. The molecule has 0 spiro atoms. The van der Waals surface area contributed by atoms with Crippen LogP contribution >= 0.6 is 0 Å². The lowest BCUT2D eigenvalue weighted by Gasteiger charge is -2.04. The van der Waals surface area contributed by atoms with E-state index in [1.807, 2.05) is 0 Å². The molecule has 0 radical (unpaired) electrons. The van der Waals surface area contributed by atoms with E-state index in [0.29, 0.717) is 12.1 Å². The van der Waals surface area contributed by atoms with Gasteiger partial charge in [0, 0.05) is 32.2 Å². The van der Waals surface area contributed by atoms with Crippen LogP contribution in [0.3, 0.4) is 0 Å². The predicted octanol–water partition coefficient (Wildman–Crippen LogP) is 2.08. The van der Waals surface area contributed by atoms with E-state index >= 15 is 0 Å². The van der Waals surface area contributed by atoms with E-state index < -0.39 is 17.8 Å². The molecule has 0 unspecified atom stereocenters. The minimum atomic E-state index is -4.44. The van der Waals surface area contributed by atoms with Crippen LogP contribution in [0.2, 0.25) is 0 Å². The second-order valence-electron chi connectivity index (χ2n) is 4.52. The van der Waals surface area contributed by atoms with Gasteiger partial charge in [-0.25, -0.2) is 4.68 Å². The van der Waals surface area contributed by atoms with Crippen LogP contribution in [0, 0.1) is 5.95 Å². The topological polar surface area (TPSA) is 47.7 Å². The number of hydrogen-bond donors (Lipinski definition) is 1. The number of halogens is 4. The predicted molar refractivity (Wildman–Crippen MR) is 66.6 cm³/mol. The normalized spacial score (nSPS) is 12.1. The summed E-state index contributed by atoms with van der Waals surface area (Å²) in [6.45, 7) is 2.46. The Morgan fingerprint density at radius 3 is 2.52 bits per heavy atom. The zero-order valence-corrected chi connectivity index (χ0v) is 11.6. The maximum Gasteiger partial charge on any atom is 0.433 e. The minimum Gasteiger partial charge on any atom is -0.307 e. The first-order chi connectivity index (χ1) is 9.82. The Hall–Kier alpha value is -1.90. The quantitative estimate of drug-likeness (QED) is 0.861. The van der Waals surface area contributed by atoms with Crippen molar-refractivity contribution in [2.75, 3.05) is 0 Å². The minimum absolute atomic E-state index is 0.112. The van der Waals surface area contributed by atoms with Crippen molar-refractivity contribution >= 4 is 0 Å². The molecule has 2 heterocycles. The van der Waals surface area contributed by atoms with Gasteiger partial charge in [0.15, 0.2) is 0 Å². The summed E-state index contributed by atoms with van der Waals surface area (Å²) in [5.74, 6) is -0.443. The van der Waals surface area contributed by atoms with E-state index in [0.717, 1.165) is 10.7 Å². The molecule has 116 valence electrons. The standard InChI is InChI=1S/C12H15F4N5/c1-3-21-11(13)8(6-18-21)5-17-7-9-4-10(12(14,15)16)20(2)19-9/h4,6,17H,3,5,7H2,1-2H3. The average Bonchev–Trinajstić information content (AvgIpc) is 2.93. The fourth-order valence-electron chi connectivity index (χ4n) is 1.95. The Morgan fingerprint density at radius 2 is 2.00 bits per heavy atom. The van der Waals surface area contributed by atoms with Crippen molar-refractivity contribution in [1.29, 1.82) is 0 Å². The first-order valence-corrected chi connectivity index (χ1v) is 6.34. The van der Waals surface area contributed by atoms with Gasteiger partial charge in [-0.1, -0.05) is 0 Å². The van der Waals surface area contributed by atoms with Gasteiger partial charge in [-0.15, -0.1) is 0 Å². The zero-order valence-electron chi connectivity index (χ0n) is 11.6. The van der Waals surface area contributed by atoms with E-state index in [-0.39, 0.29) is 18.8 Å². The summed E-state index contributed by atoms with van der Waals surface area (Å²) in [6, 6.07) is 0.971. The zero-order chi connectivity index (χ0) is 15.6. The molecule has 2 rings (SSSR count). The van der Waals surface area contributed by atoms with Crippen molar-refractivity contribution in [3.05, 3.63) is 35.2 Å². The third-order valence-electron chi connectivity index (χ3n) is 2.99. The lowest BCUT2D eigenvalue weighted by molar-refractivity contribution is -0.143. The average molecular weight is 305 g/mol. The molecule has 0 aliphatic carbocycles. The van der Waals surface area contributed by atoms with Gasteiger partial charge in [0.05, 0.1) is 11.9 Å². The highest BCUT2D eigenvalue weighted by atomic mass is 19.4. The molecule has 2 aromatic rings. The number of aromatic nitrogens is 4. The van der Waals surface area contributed by atoms with Crippen LogP contribution in [0.1, 0.15) is 23.9 Å². The summed E-state index contributed by atoms with van der Waals surface area (Å²) in [5.41, 5.74) is -0.207. The van der Waals surface area contributed by atoms with Crippen molar-refractivity contribution < 1.29 is 17.6 Å². The number of alkyl halides is 3. The highest BCUT2D eigenvalue weighted by Crippen LogP contribution is 2.29. The van der Waals surface area contributed by atoms with Crippen LogP contribution in [0.5, 0.6) is 0 Å². The van der Waals surface area contributed by atoms with Crippen LogP contribution < -0.4 is 5.32 Å². The van der Waals surface area contributed by atoms with Crippen LogP contribution in [-0.2, 0) is 32.9 Å². The highest BCUT2D eigenvalue weighted by Gasteiger charge is 2.34. The molecule has 0 saturated carbocycles. The maximum atomic E-state index is 13.7. The Kier molecular flexibility index (Phi) is 4.31. The van der Waals surface area contributed by atoms with Gasteiger partial charge in [-0.2, -0.15) is 27.8 Å². The van der Waals surface area contributed by atoms with E-state index in [2.05, 4.69) is 15.5 Å². The number of nitrogens with one attached hydrogen (secondary N) is 1. The van der Waals surface area contributed by atoms with Gasteiger partial charge in [0.1, 0.15) is 5.69 Å². The van der Waals surface area contributed by atoms with Crippen molar-refractivity contribution in [3.63, 3.8) is 0 Å². The second-order valence-corrected chi connectivity index (χ2v) is 4.52. The molecule has 0 aliphatic heterocycles. The lowest BCUT2D eigenvalue weighted by atomic mass is 10.3. The Bertz CT molecular complexity index is 614. The van der Waals surface area contributed by atoms with Gasteiger partial charge >= 0.3 is 6.18 Å². The van der Waals surface area contributed by atoms with Crippen molar-refractivity contribution in [1.82, 2.24) is 24.9 Å². The molecule has 1 N–H and O–H groups in total. The van der Waals surface area contributed by atoms with E-state index in [9.17, 15) is 17.6 Å². The smallest absolute Gasteiger partial charge is 0.307 e. The van der Waals surface area contributed by atoms with Crippen molar-refractivity contribution in [2.24, 2.45) is 7.05 Å². The molecule has 2 aromatic heterocycles. The molecule has 5 nitrogen and oxygen atoms in total. The molecule has 0 aromatic carbocycles. The summed E-state index contributed by atoms with van der Waals surface area (Å²) >= 11 is 0. The first-order valence-electron chi connectivity index (χ1n) is 6.34. The monoisotopic (exact) mass is 305 g/mol.